The van der Waals surface area contributed by atoms with Crippen LogP contribution < -0.4 is 0 Å². The first kappa shape index (κ1) is 25.4. The first-order valence-electron chi connectivity index (χ1n) is 5.71. The van der Waals surface area contributed by atoms with E-state index in [4.69, 9.17) is 0 Å². The maximum atomic E-state index is 13.4. The van der Waals surface area contributed by atoms with Gasteiger partial charge in [0.05, 0.1) is 7.11 Å². The molecule has 162 valence electrons. The zero-order valence-electron chi connectivity index (χ0n) is 12.0. The third-order valence-electron chi connectivity index (χ3n) is 3.00. The minimum absolute atomic E-state index is 0.308. The first-order chi connectivity index (χ1) is 11.4. The lowest BCUT2D eigenvalue weighted by molar-refractivity contribution is -0.448. The molecule has 0 aliphatic rings. The van der Waals surface area contributed by atoms with E-state index in [0.29, 0.717) is 0 Å². The first-order valence-corrected chi connectivity index (χ1v) is 5.71. The third kappa shape index (κ3) is 3.86. The molecule has 0 saturated carbocycles. The lowest BCUT2D eigenvalue weighted by Gasteiger charge is -2.44. The van der Waals surface area contributed by atoms with E-state index in [2.05, 4.69) is 4.74 Å². The maximum Gasteiger partial charge on any atom is 0.454 e. The van der Waals surface area contributed by atoms with Crippen LogP contribution in [0.4, 0.5) is 70.2 Å². The predicted molar refractivity (Wildman–Crippen MR) is 51.6 cm³/mol. The van der Waals surface area contributed by atoms with Crippen LogP contribution >= 0.6 is 0 Å². The van der Waals surface area contributed by atoms with E-state index < -0.39 is 53.8 Å². The van der Waals surface area contributed by atoms with E-state index in [0.717, 1.165) is 0 Å². The fraction of sp³-hybridized carbons (Fsp3) is 0.800. The topological polar surface area (TPSA) is 9.23 Å². The van der Waals surface area contributed by atoms with E-state index in [1.807, 2.05) is 0 Å². The lowest BCUT2D eigenvalue weighted by Crippen LogP contribution is -2.70. The van der Waals surface area contributed by atoms with Gasteiger partial charge in [-0.2, -0.15) is 70.2 Å². The van der Waals surface area contributed by atoms with Gasteiger partial charge in [0.25, 0.3) is 0 Å². The van der Waals surface area contributed by atoms with Gasteiger partial charge in [0.1, 0.15) is 0 Å². The van der Waals surface area contributed by atoms with Gasteiger partial charge in [-0.3, -0.25) is 0 Å². The molecule has 0 aromatic carbocycles. The zero-order chi connectivity index (χ0) is 22.5. The van der Waals surface area contributed by atoms with Gasteiger partial charge in [0, 0.05) is 0 Å². The molecule has 1 nitrogen and oxygen atoms in total. The number of halogens is 16. The van der Waals surface area contributed by atoms with Crippen LogP contribution in [0.5, 0.6) is 0 Å². The average Bonchev–Trinajstić information content (AvgIpc) is 2.32. The molecule has 0 amide bonds. The zero-order valence-corrected chi connectivity index (χ0v) is 12.0. The van der Waals surface area contributed by atoms with Crippen LogP contribution in [0.3, 0.4) is 0 Å². The molecule has 0 heterocycles. The Morgan fingerprint density at radius 1 is 0.556 bits per heavy atom. The summed E-state index contributed by atoms with van der Waals surface area (Å²) >= 11 is 0. The standard InChI is InChI=1S/C10H4F16O/c1-27-3(5(11,12)13)2-4(8(18,19)20,6(14,15)9(21,22)23)7(16,17)10(24,25)26/h2H,1H3. The summed E-state index contributed by atoms with van der Waals surface area (Å²) in [6.07, 6.45) is -32.6. The van der Waals surface area contributed by atoms with Crippen molar-refractivity contribution in [1.82, 2.24) is 0 Å². The molecule has 0 rings (SSSR count). The Labute approximate surface area is 137 Å². The third-order valence-corrected chi connectivity index (χ3v) is 3.00. The van der Waals surface area contributed by atoms with Crippen LogP contribution in [0.25, 0.3) is 0 Å². The van der Waals surface area contributed by atoms with E-state index in [-0.39, 0.29) is 7.11 Å². The second-order valence-corrected chi connectivity index (χ2v) is 4.66. The number of allylic oxidation sites excluding steroid dienone is 2. The number of methoxy groups -OCH3 is 1. The number of alkyl halides is 16. The molecular formula is C10H4F16O. The molecule has 0 radical (unpaired) electrons. The summed E-state index contributed by atoms with van der Waals surface area (Å²) in [5.74, 6) is -19.7. The van der Waals surface area contributed by atoms with Crippen molar-refractivity contribution in [2.75, 3.05) is 7.11 Å². The SMILES string of the molecule is COC(=CC(C(F)(F)F)(C(F)(F)C(F)(F)F)C(F)(F)C(F)(F)F)C(F)(F)F. The largest absolute Gasteiger partial charge is 0.492 e. The fourth-order valence-corrected chi connectivity index (χ4v) is 1.72. The monoisotopic (exact) mass is 444 g/mol. The number of ether oxygens (including phenoxy) is 1. The highest BCUT2D eigenvalue weighted by Gasteiger charge is 2.92. The average molecular weight is 444 g/mol. The smallest absolute Gasteiger partial charge is 0.454 e. The predicted octanol–water partition coefficient (Wildman–Crippen LogP) is 6.02. The summed E-state index contributed by atoms with van der Waals surface area (Å²) in [6.45, 7) is 0. The van der Waals surface area contributed by atoms with Crippen molar-refractivity contribution in [2.45, 2.75) is 36.6 Å². The van der Waals surface area contributed by atoms with Gasteiger partial charge in [-0.15, -0.1) is 0 Å². The van der Waals surface area contributed by atoms with Crippen LogP contribution in [0.2, 0.25) is 0 Å². The van der Waals surface area contributed by atoms with Gasteiger partial charge >= 0.3 is 36.6 Å². The normalized spacial score (nSPS) is 16.6. The molecule has 0 bridgehead atoms. The minimum atomic E-state index is -8.08. The molecule has 0 N–H and O–H groups in total. The van der Waals surface area contributed by atoms with Crippen LogP contribution in [-0.4, -0.2) is 43.7 Å². The summed E-state index contributed by atoms with van der Waals surface area (Å²) in [5.41, 5.74) is -7.75. The molecular weight excluding hydrogens is 440 g/mol. The van der Waals surface area contributed by atoms with Gasteiger partial charge in [-0.25, -0.2) is 0 Å². The molecule has 0 atom stereocenters. The summed E-state index contributed by atoms with van der Waals surface area (Å²) in [5, 5.41) is 0. The quantitative estimate of drug-likeness (QED) is 0.381. The molecule has 27 heavy (non-hydrogen) atoms. The minimum Gasteiger partial charge on any atom is -0.492 e. The van der Waals surface area contributed by atoms with Gasteiger partial charge in [0.15, 0.2) is 5.76 Å². The number of rotatable bonds is 4. The van der Waals surface area contributed by atoms with E-state index in [1.54, 1.807) is 0 Å². The summed E-state index contributed by atoms with van der Waals surface area (Å²) < 4.78 is 206. The maximum absolute atomic E-state index is 13.4. The van der Waals surface area contributed by atoms with E-state index in [1.165, 1.54) is 0 Å². The molecule has 17 heteroatoms. The highest BCUT2D eigenvalue weighted by atomic mass is 19.4. The Hall–Kier alpha value is -1.58. The molecule has 0 spiro atoms. The van der Waals surface area contributed by atoms with Gasteiger partial charge in [0.2, 0.25) is 5.41 Å². The molecule has 0 aromatic heterocycles. The highest BCUT2D eigenvalue weighted by molar-refractivity contribution is 5.24. The van der Waals surface area contributed by atoms with Gasteiger partial charge in [-0.05, 0) is 6.08 Å². The molecule has 0 fully saturated rings. The van der Waals surface area contributed by atoms with Crippen LogP contribution in [0, 0.1) is 5.41 Å². The Balaban J connectivity index is 7.64. The Bertz CT molecular complexity index is 530. The molecule has 0 aliphatic heterocycles. The molecule has 0 saturated heterocycles. The number of hydrogen-bond acceptors (Lipinski definition) is 1. The van der Waals surface area contributed by atoms with Crippen molar-refractivity contribution in [2.24, 2.45) is 5.41 Å². The second kappa shape index (κ2) is 6.49. The van der Waals surface area contributed by atoms with Crippen LogP contribution in [-0.2, 0) is 4.74 Å². The molecule has 0 unspecified atom stereocenters. The van der Waals surface area contributed by atoms with Crippen molar-refractivity contribution in [3.8, 4) is 0 Å². The van der Waals surface area contributed by atoms with Crippen LogP contribution in [0.1, 0.15) is 0 Å². The lowest BCUT2D eigenvalue weighted by atomic mass is 9.72. The van der Waals surface area contributed by atoms with E-state index >= 15 is 0 Å². The second-order valence-electron chi connectivity index (χ2n) is 4.66. The molecule has 0 aromatic rings. The van der Waals surface area contributed by atoms with Crippen molar-refractivity contribution >= 4 is 0 Å². The Kier molecular flexibility index (Phi) is 6.11. The van der Waals surface area contributed by atoms with Crippen LogP contribution in [0.15, 0.2) is 11.8 Å². The fourth-order valence-electron chi connectivity index (χ4n) is 1.72. The van der Waals surface area contributed by atoms with E-state index in [9.17, 15) is 70.2 Å². The van der Waals surface area contributed by atoms with Crippen molar-refractivity contribution in [3.63, 3.8) is 0 Å². The Morgan fingerprint density at radius 3 is 1.00 bits per heavy atom. The summed E-state index contributed by atoms with van der Waals surface area (Å²) in [7, 11) is -0.308. The van der Waals surface area contributed by atoms with Crippen molar-refractivity contribution < 1.29 is 75.0 Å². The Morgan fingerprint density at radius 2 is 0.852 bits per heavy atom. The molecule has 0 aliphatic carbocycles. The van der Waals surface area contributed by atoms with Crippen molar-refractivity contribution in [1.29, 1.82) is 0 Å². The summed E-state index contributed by atoms with van der Waals surface area (Å²) in [6, 6.07) is 0. The number of hydrogen-bond donors (Lipinski definition) is 0. The van der Waals surface area contributed by atoms with Crippen molar-refractivity contribution in [3.05, 3.63) is 11.8 Å². The highest BCUT2D eigenvalue weighted by Crippen LogP contribution is 2.67. The van der Waals surface area contributed by atoms with Gasteiger partial charge in [-0.1, -0.05) is 0 Å². The van der Waals surface area contributed by atoms with Gasteiger partial charge < -0.3 is 4.74 Å². The summed E-state index contributed by atoms with van der Waals surface area (Å²) in [4.78, 5) is 0.